The van der Waals surface area contributed by atoms with Gasteiger partial charge in [0.2, 0.25) is 5.91 Å². The van der Waals surface area contributed by atoms with E-state index in [1.807, 2.05) is 18.2 Å². The summed E-state index contributed by atoms with van der Waals surface area (Å²) in [6.45, 7) is 1.46. The lowest BCUT2D eigenvalue weighted by Gasteiger charge is -2.11. The first-order valence-electron chi connectivity index (χ1n) is 7.68. The molecule has 2 aromatic carbocycles. The highest BCUT2D eigenvalue weighted by Gasteiger charge is 2.05. The third-order valence-corrected chi connectivity index (χ3v) is 3.88. The molecule has 1 amide bonds. The molecule has 3 rings (SSSR count). The van der Waals surface area contributed by atoms with Crippen molar-refractivity contribution in [3.8, 4) is 0 Å². The monoisotopic (exact) mass is 387 g/mol. The molecule has 0 aliphatic heterocycles. The molecule has 1 aromatic heterocycles. The molecule has 0 atom stereocenters. The van der Waals surface area contributed by atoms with E-state index in [0.29, 0.717) is 33.1 Å². The molecule has 0 saturated carbocycles. The van der Waals surface area contributed by atoms with Crippen LogP contribution in [0.25, 0.3) is 0 Å². The number of carbonyl (C=O) groups excluding carboxylic acids is 1. The van der Waals surface area contributed by atoms with Crippen molar-refractivity contribution in [1.29, 1.82) is 0 Å². The van der Waals surface area contributed by atoms with Gasteiger partial charge in [0.1, 0.15) is 18.0 Å². The number of nitrogens with zero attached hydrogens (tertiary/aromatic N) is 2. The highest BCUT2D eigenvalue weighted by molar-refractivity contribution is 6.35. The van der Waals surface area contributed by atoms with Crippen LogP contribution in [0.15, 0.2) is 54.9 Å². The lowest BCUT2D eigenvalue weighted by atomic mass is 10.2. The zero-order valence-electron chi connectivity index (χ0n) is 13.8. The van der Waals surface area contributed by atoms with Crippen LogP contribution in [0.5, 0.6) is 0 Å². The van der Waals surface area contributed by atoms with Crippen LogP contribution in [0, 0.1) is 0 Å². The van der Waals surface area contributed by atoms with Crippen LogP contribution in [0.1, 0.15) is 6.92 Å². The van der Waals surface area contributed by atoms with E-state index in [1.165, 1.54) is 13.3 Å². The Bertz CT molecular complexity index is 948. The Labute approximate surface area is 160 Å². The second-order valence-corrected chi connectivity index (χ2v) is 6.27. The largest absolute Gasteiger partial charge is 0.340 e. The molecule has 0 unspecified atom stereocenters. The molecule has 0 fully saturated rings. The van der Waals surface area contributed by atoms with Crippen molar-refractivity contribution in [2.45, 2.75) is 6.92 Å². The van der Waals surface area contributed by atoms with Gasteiger partial charge in [-0.25, -0.2) is 9.97 Å². The Morgan fingerprint density at radius 1 is 0.923 bits per heavy atom. The molecule has 0 aliphatic rings. The molecular weight excluding hydrogens is 373 g/mol. The van der Waals surface area contributed by atoms with Crippen LogP contribution >= 0.6 is 23.2 Å². The summed E-state index contributed by atoms with van der Waals surface area (Å²) in [5.41, 5.74) is 2.12. The number of hydrogen-bond acceptors (Lipinski definition) is 5. The quantitative estimate of drug-likeness (QED) is 0.558. The highest BCUT2D eigenvalue weighted by atomic mass is 35.5. The van der Waals surface area contributed by atoms with Gasteiger partial charge in [0.25, 0.3) is 0 Å². The SMILES string of the molecule is CC(=O)Nc1cccc(Nc2cc(Nc3cc(Cl)ccc3Cl)ncn2)c1. The molecular formula is C18H15Cl2N5O. The topological polar surface area (TPSA) is 78.9 Å². The number of carbonyl (C=O) groups is 1. The second-order valence-electron chi connectivity index (χ2n) is 5.42. The standard InChI is InChI=1S/C18H15Cl2N5O/c1-11(26)23-13-3-2-4-14(8-13)24-17-9-18(22-10-21-17)25-16-7-12(19)5-6-15(16)20/h2-10H,1H3,(H,23,26)(H2,21,22,24,25). The lowest BCUT2D eigenvalue weighted by Crippen LogP contribution is -2.06. The van der Waals surface area contributed by atoms with Crippen molar-refractivity contribution in [3.05, 3.63) is 64.9 Å². The second kappa shape index (κ2) is 8.03. The molecule has 26 heavy (non-hydrogen) atoms. The number of aromatic nitrogens is 2. The number of rotatable bonds is 5. The zero-order chi connectivity index (χ0) is 18.5. The predicted molar refractivity (Wildman–Crippen MR) is 106 cm³/mol. The molecule has 1 heterocycles. The van der Waals surface area contributed by atoms with E-state index < -0.39 is 0 Å². The van der Waals surface area contributed by atoms with E-state index in [1.54, 1.807) is 30.3 Å². The Morgan fingerprint density at radius 3 is 2.42 bits per heavy atom. The van der Waals surface area contributed by atoms with E-state index >= 15 is 0 Å². The predicted octanol–water partition coefficient (Wildman–Crippen LogP) is 5.23. The fraction of sp³-hybridized carbons (Fsp3) is 0.0556. The van der Waals surface area contributed by atoms with Gasteiger partial charge < -0.3 is 16.0 Å². The van der Waals surface area contributed by atoms with Crippen molar-refractivity contribution in [1.82, 2.24) is 9.97 Å². The van der Waals surface area contributed by atoms with Crippen molar-refractivity contribution >= 4 is 57.8 Å². The molecule has 132 valence electrons. The summed E-state index contributed by atoms with van der Waals surface area (Å²) >= 11 is 12.2. The maximum atomic E-state index is 11.2. The molecule has 0 bridgehead atoms. The van der Waals surface area contributed by atoms with Gasteiger partial charge in [0.15, 0.2) is 0 Å². The minimum Gasteiger partial charge on any atom is -0.340 e. The Kier molecular flexibility index (Phi) is 5.55. The average Bonchev–Trinajstić information content (AvgIpc) is 2.58. The van der Waals surface area contributed by atoms with E-state index in [4.69, 9.17) is 23.2 Å². The molecule has 6 nitrogen and oxygen atoms in total. The fourth-order valence-corrected chi connectivity index (χ4v) is 2.59. The van der Waals surface area contributed by atoms with E-state index in [9.17, 15) is 4.79 Å². The molecule has 3 N–H and O–H groups in total. The average molecular weight is 388 g/mol. The molecule has 0 saturated heterocycles. The van der Waals surface area contributed by atoms with Gasteiger partial charge in [-0.3, -0.25) is 4.79 Å². The first-order valence-corrected chi connectivity index (χ1v) is 8.44. The van der Waals surface area contributed by atoms with Gasteiger partial charge >= 0.3 is 0 Å². The number of anilines is 5. The van der Waals surface area contributed by atoms with Gasteiger partial charge in [-0.1, -0.05) is 29.3 Å². The van der Waals surface area contributed by atoms with Crippen molar-refractivity contribution in [2.24, 2.45) is 0 Å². The van der Waals surface area contributed by atoms with Crippen LogP contribution in [0.3, 0.4) is 0 Å². The van der Waals surface area contributed by atoms with Gasteiger partial charge in [-0.15, -0.1) is 0 Å². The van der Waals surface area contributed by atoms with Crippen LogP contribution in [-0.2, 0) is 4.79 Å². The number of amides is 1. The summed E-state index contributed by atoms with van der Waals surface area (Å²) in [7, 11) is 0. The normalized spacial score (nSPS) is 10.3. The van der Waals surface area contributed by atoms with Gasteiger partial charge in [0, 0.05) is 29.4 Å². The molecule has 0 aliphatic carbocycles. The van der Waals surface area contributed by atoms with Crippen LogP contribution in [-0.4, -0.2) is 15.9 Å². The molecule has 3 aromatic rings. The van der Waals surface area contributed by atoms with Crippen molar-refractivity contribution in [3.63, 3.8) is 0 Å². The Hall–Kier alpha value is -2.83. The van der Waals surface area contributed by atoms with E-state index in [0.717, 1.165) is 5.69 Å². The number of hydrogen-bond donors (Lipinski definition) is 3. The summed E-state index contributed by atoms with van der Waals surface area (Å²) in [6, 6.07) is 14.2. The smallest absolute Gasteiger partial charge is 0.221 e. The van der Waals surface area contributed by atoms with Crippen LogP contribution in [0.2, 0.25) is 10.0 Å². The summed E-state index contributed by atoms with van der Waals surface area (Å²) in [5, 5.41) is 10.1. The first-order chi connectivity index (χ1) is 12.5. The third kappa shape index (κ3) is 4.84. The van der Waals surface area contributed by atoms with Crippen molar-refractivity contribution in [2.75, 3.05) is 16.0 Å². The summed E-state index contributed by atoms with van der Waals surface area (Å²) in [4.78, 5) is 19.6. The van der Waals surface area contributed by atoms with Crippen LogP contribution in [0.4, 0.5) is 28.7 Å². The maximum absolute atomic E-state index is 11.2. The third-order valence-electron chi connectivity index (χ3n) is 3.31. The summed E-state index contributed by atoms with van der Waals surface area (Å²) in [6.07, 6.45) is 1.43. The van der Waals surface area contributed by atoms with Crippen LogP contribution < -0.4 is 16.0 Å². The molecule has 8 heteroatoms. The number of benzene rings is 2. The van der Waals surface area contributed by atoms with E-state index in [-0.39, 0.29) is 5.91 Å². The number of nitrogens with one attached hydrogen (secondary N) is 3. The maximum Gasteiger partial charge on any atom is 0.221 e. The number of halogens is 2. The minimum absolute atomic E-state index is 0.130. The molecule has 0 radical (unpaired) electrons. The Morgan fingerprint density at radius 2 is 1.65 bits per heavy atom. The highest BCUT2D eigenvalue weighted by Crippen LogP contribution is 2.28. The van der Waals surface area contributed by atoms with Gasteiger partial charge in [-0.2, -0.15) is 0 Å². The summed E-state index contributed by atoms with van der Waals surface area (Å²) < 4.78 is 0. The first kappa shape index (κ1) is 18.0. The molecule has 0 spiro atoms. The zero-order valence-corrected chi connectivity index (χ0v) is 15.3. The lowest BCUT2D eigenvalue weighted by molar-refractivity contribution is -0.114. The van der Waals surface area contributed by atoms with Gasteiger partial charge in [-0.05, 0) is 36.4 Å². The van der Waals surface area contributed by atoms with Crippen molar-refractivity contribution < 1.29 is 4.79 Å². The van der Waals surface area contributed by atoms with Gasteiger partial charge in [0.05, 0.1) is 10.7 Å². The summed E-state index contributed by atoms with van der Waals surface area (Å²) in [5.74, 6) is 1.01. The van der Waals surface area contributed by atoms with E-state index in [2.05, 4.69) is 25.9 Å². The Balaban J connectivity index is 1.77. The fourth-order valence-electron chi connectivity index (χ4n) is 2.25. The minimum atomic E-state index is -0.130.